The zero-order valence-electron chi connectivity index (χ0n) is 11.3. The van der Waals surface area contributed by atoms with Gasteiger partial charge in [0.15, 0.2) is 0 Å². The highest BCUT2D eigenvalue weighted by Gasteiger charge is 2.38. The van der Waals surface area contributed by atoms with E-state index in [-0.39, 0.29) is 24.8 Å². The van der Waals surface area contributed by atoms with Crippen LogP contribution in [-0.4, -0.2) is 22.2 Å². The van der Waals surface area contributed by atoms with Crippen LogP contribution in [0.5, 0.6) is 0 Å². The molecule has 6 heteroatoms. The van der Waals surface area contributed by atoms with Crippen molar-refractivity contribution in [1.29, 1.82) is 0 Å². The van der Waals surface area contributed by atoms with E-state index in [0.717, 1.165) is 12.2 Å². The molecule has 1 saturated carbocycles. The standard InChI is InChI=1S/C13H20ClF2N3/c1-3-17-11(12-10(14)8-18-19(12)2)9-4-6-13(15,16)7-5-9/h8-9,11,17H,3-7H2,1-2H3. The van der Waals surface area contributed by atoms with Gasteiger partial charge in [-0.15, -0.1) is 0 Å². The molecule has 1 aromatic heterocycles. The van der Waals surface area contributed by atoms with Gasteiger partial charge in [0.25, 0.3) is 0 Å². The van der Waals surface area contributed by atoms with Gasteiger partial charge in [0.2, 0.25) is 5.92 Å². The first-order valence-electron chi connectivity index (χ1n) is 6.73. The summed E-state index contributed by atoms with van der Waals surface area (Å²) in [6.45, 7) is 2.79. The molecule has 0 saturated heterocycles. The molecular weight excluding hydrogens is 272 g/mol. The molecule has 0 spiro atoms. The molecule has 1 aliphatic carbocycles. The quantitative estimate of drug-likeness (QED) is 0.919. The average Bonchev–Trinajstić information content (AvgIpc) is 2.67. The molecule has 1 N–H and O–H groups in total. The molecule has 0 bridgehead atoms. The lowest BCUT2D eigenvalue weighted by molar-refractivity contribution is -0.0499. The number of aryl methyl sites for hydroxylation is 1. The second-order valence-corrected chi connectivity index (χ2v) is 5.64. The number of nitrogens with zero attached hydrogens (tertiary/aromatic N) is 2. The van der Waals surface area contributed by atoms with E-state index in [4.69, 9.17) is 11.6 Å². The normalized spacial score (nSPS) is 21.5. The second kappa shape index (κ2) is 5.75. The van der Waals surface area contributed by atoms with Crippen LogP contribution >= 0.6 is 11.6 Å². The first kappa shape index (κ1) is 14.7. The number of hydrogen-bond acceptors (Lipinski definition) is 2. The molecule has 108 valence electrons. The molecule has 0 aromatic carbocycles. The Morgan fingerprint density at radius 2 is 2.16 bits per heavy atom. The first-order chi connectivity index (χ1) is 8.94. The van der Waals surface area contributed by atoms with Gasteiger partial charge in [-0.2, -0.15) is 5.10 Å². The highest BCUT2D eigenvalue weighted by molar-refractivity contribution is 6.31. The fraction of sp³-hybridized carbons (Fsp3) is 0.769. The van der Waals surface area contributed by atoms with Crippen molar-refractivity contribution in [3.8, 4) is 0 Å². The molecule has 2 rings (SSSR count). The third kappa shape index (κ3) is 3.26. The van der Waals surface area contributed by atoms with E-state index >= 15 is 0 Å². The lowest BCUT2D eigenvalue weighted by Crippen LogP contribution is -2.35. The fourth-order valence-electron chi connectivity index (χ4n) is 2.87. The van der Waals surface area contributed by atoms with E-state index in [1.807, 2.05) is 14.0 Å². The molecule has 0 radical (unpaired) electrons. The summed E-state index contributed by atoms with van der Waals surface area (Å²) in [6, 6.07) is 0.00102. The highest BCUT2D eigenvalue weighted by atomic mass is 35.5. The van der Waals surface area contributed by atoms with Gasteiger partial charge in [-0.1, -0.05) is 18.5 Å². The van der Waals surface area contributed by atoms with Crippen LogP contribution in [-0.2, 0) is 7.05 Å². The average molecular weight is 292 g/mol. The van der Waals surface area contributed by atoms with E-state index in [2.05, 4.69) is 10.4 Å². The summed E-state index contributed by atoms with van der Waals surface area (Å²) in [5.41, 5.74) is 0.902. The zero-order chi connectivity index (χ0) is 14.0. The Kier molecular flexibility index (Phi) is 4.46. The lowest BCUT2D eigenvalue weighted by atomic mass is 9.81. The van der Waals surface area contributed by atoms with Crippen molar-refractivity contribution in [3.05, 3.63) is 16.9 Å². The zero-order valence-corrected chi connectivity index (χ0v) is 12.1. The van der Waals surface area contributed by atoms with Crippen LogP contribution < -0.4 is 5.32 Å². The Labute approximate surface area is 117 Å². The van der Waals surface area contributed by atoms with Crippen molar-refractivity contribution < 1.29 is 8.78 Å². The van der Waals surface area contributed by atoms with Gasteiger partial charge < -0.3 is 5.32 Å². The number of rotatable bonds is 4. The number of nitrogens with one attached hydrogen (secondary N) is 1. The number of hydrogen-bond donors (Lipinski definition) is 1. The summed E-state index contributed by atoms with van der Waals surface area (Å²) in [6.07, 6.45) is 2.58. The minimum absolute atomic E-state index is 0.00102. The van der Waals surface area contributed by atoms with Crippen LogP contribution in [0.25, 0.3) is 0 Å². The Morgan fingerprint density at radius 3 is 2.63 bits per heavy atom. The van der Waals surface area contributed by atoms with Crippen molar-refractivity contribution >= 4 is 11.6 Å². The van der Waals surface area contributed by atoms with Crippen molar-refractivity contribution in [3.63, 3.8) is 0 Å². The molecule has 0 aliphatic heterocycles. The number of alkyl halides is 2. The minimum atomic E-state index is -2.50. The monoisotopic (exact) mass is 291 g/mol. The minimum Gasteiger partial charge on any atom is -0.309 e. The number of aromatic nitrogens is 2. The molecule has 19 heavy (non-hydrogen) atoms. The Hall–Kier alpha value is -0.680. The first-order valence-corrected chi connectivity index (χ1v) is 7.11. The number of halogens is 3. The van der Waals surface area contributed by atoms with Gasteiger partial charge in [0, 0.05) is 19.9 Å². The third-order valence-electron chi connectivity index (χ3n) is 3.89. The maximum absolute atomic E-state index is 13.3. The van der Waals surface area contributed by atoms with Crippen molar-refractivity contribution in [2.24, 2.45) is 13.0 Å². The van der Waals surface area contributed by atoms with Crippen LogP contribution in [0.3, 0.4) is 0 Å². The highest BCUT2D eigenvalue weighted by Crippen LogP contribution is 2.42. The van der Waals surface area contributed by atoms with Gasteiger partial charge in [0.1, 0.15) is 0 Å². The van der Waals surface area contributed by atoms with Crippen LogP contribution in [0.4, 0.5) is 8.78 Å². The van der Waals surface area contributed by atoms with Crippen LogP contribution in [0.1, 0.15) is 44.3 Å². The van der Waals surface area contributed by atoms with Gasteiger partial charge >= 0.3 is 0 Å². The largest absolute Gasteiger partial charge is 0.309 e. The summed E-state index contributed by atoms with van der Waals surface area (Å²) < 4.78 is 28.3. The van der Waals surface area contributed by atoms with Crippen LogP contribution in [0, 0.1) is 5.92 Å². The fourth-order valence-corrected chi connectivity index (χ4v) is 3.16. The van der Waals surface area contributed by atoms with Crippen molar-refractivity contribution in [1.82, 2.24) is 15.1 Å². The lowest BCUT2D eigenvalue weighted by Gasteiger charge is -2.34. The smallest absolute Gasteiger partial charge is 0.248 e. The molecule has 1 fully saturated rings. The predicted octanol–water partition coefficient (Wildman–Crippen LogP) is 3.55. The van der Waals surface area contributed by atoms with Crippen LogP contribution in [0.2, 0.25) is 5.02 Å². The summed E-state index contributed by atoms with van der Waals surface area (Å²) in [7, 11) is 1.84. The Bertz CT molecular complexity index is 404. The molecule has 1 atom stereocenters. The van der Waals surface area contributed by atoms with Crippen molar-refractivity contribution in [2.45, 2.75) is 44.6 Å². The second-order valence-electron chi connectivity index (χ2n) is 5.23. The van der Waals surface area contributed by atoms with E-state index in [9.17, 15) is 8.78 Å². The summed E-state index contributed by atoms with van der Waals surface area (Å²) in [5, 5.41) is 8.12. The van der Waals surface area contributed by atoms with Gasteiger partial charge in [-0.25, -0.2) is 8.78 Å². The maximum atomic E-state index is 13.3. The van der Waals surface area contributed by atoms with E-state index in [0.29, 0.717) is 17.9 Å². The van der Waals surface area contributed by atoms with Gasteiger partial charge in [-0.3, -0.25) is 4.68 Å². The molecule has 1 heterocycles. The van der Waals surface area contributed by atoms with Gasteiger partial charge in [-0.05, 0) is 25.3 Å². The SMILES string of the molecule is CCNC(c1c(Cl)cnn1C)C1CCC(F)(F)CC1. The maximum Gasteiger partial charge on any atom is 0.248 e. The van der Waals surface area contributed by atoms with E-state index in [1.54, 1.807) is 10.9 Å². The van der Waals surface area contributed by atoms with E-state index < -0.39 is 5.92 Å². The summed E-state index contributed by atoms with van der Waals surface area (Å²) in [4.78, 5) is 0. The predicted molar refractivity (Wildman–Crippen MR) is 71.5 cm³/mol. The summed E-state index contributed by atoms with van der Waals surface area (Å²) in [5.74, 6) is -2.31. The molecule has 1 unspecified atom stereocenters. The Morgan fingerprint density at radius 1 is 1.53 bits per heavy atom. The van der Waals surface area contributed by atoms with Crippen molar-refractivity contribution in [2.75, 3.05) is 6.54 Å². The van der Waals surface area contributed by atoms with Crippen LogP contribution in [0.15, 0.2) is 6.20 Å². The van der Waals surface area contributed by atoms with E-state index in [1.165, 1.54) is 0 Å². The Balaban J connectivity index is 2.17. The molecular formula is C13H20ClF2N3. The molecule has 3 nitrogen and oxygen atoms in total. The molecule has 0 amide bonds. The molecule has 1 aromatic rings. The van der Waals surface area contributed by atoms with Gasteiger partial charge in [0.05, 0.1) is 23.0 Å². The third-order valence-corrected chi connectivity index (χ3v) is 4.18. The summed E-state index contributed by atoms with van der Waals surface area (Å²) >= 11 is 6.18. The molecule has 1 aliphatic rings. The topological polar surface area (TPSA) is 29.9 Å².